The van der Waals surface area contributed by atoms with Gasteiger partial charge in [-0.25, -0.2) is 4.98 Å². The minimum atomic E-state index is 0.451. The van der Waals surface area contributed by atoms with Gasteiger partial charge in [0.05, 0.1) is 19.0 Å². The van der Waals surface area contributed by atoms with E-state index in [1.54, 1.807) is 19.5 Å². The van der Waals surface area contributed by atoms with Crippen molar-refractivity contribution < 1.29 is 9.47 Å². The molecule has 0 saturated carbocycles. The van der Waals surface area contributed by atoms with Gasteiger partial charge in [-0.3, -0.25) is 4.98 Å². The van der Waals surface area contributed by atoms with Crippen molar-refractivity contribution >= 4 is 0 Å². The van der Waals surface area contributed by atoms with Crippen LogP contribution in [0.5, 0.6) is 17.4 Å². The maximum absolute atomic E-state index is 5.66. The molecule has 0 radical (unpaired) electrons. The predicted molar refractivity (Wildman–Crippen MR) is 67.9 cm³/mol. The zero-order chi connectivity index (χ0) is 12.8. The molecule has 0 atom stereocenters. The van der Waals surface area contributed by atoms with E-state index in [1.807, 2.05) is 31.3 Å². The summed E-state index contributed by atoms with van der Waals surface area (Å²) in [5.74, 6) is 1.74. The second-order valence-electron chi connectivity index (χ2n) is 3.63. The second kappa shape index (κ2) is 5.97. The zero-order valence-electron chi connectivity index (χ0n) is 10.4. The third kappa shape index (κ3) is 2.95. The minimum absolute atomic E-state index is 0.451. The van der Waals surface area contributed by atoms with Crippen molar-refractivity contribution in [2.75, 3.05) is 14.2 Å². The molecule has 0 spiro atoms. The largest absolute Gasteiger partial charge is 0.493 e. The molecule has 1 heterocycles. The summed E-state index contributed by atoms with van der Waals surface area (Å²) < 4.78 is 10.9. The summed E-state index contributed by atoms with van der Waals surface area (Å²) in [6, 6.07) is 7.42. The SMILES string of the molecule is CNCc1cncc(Oc2ccccc2OC)n1. The lowest BCUT2D eigenvalue weighted by atomic mass is 10.3. The van der Waals surface area contributed by atoms with Gasteiger partial charge >= 0.3 is 0 Å². The number of rotatable bonds is 5. The first-order valence-corrected chi connectivity index (χ1v) is 5.60. The molecule has 1 N–H and O–H groups in total. The van der Waals surface area contributed by atoms with Crippen LogP contribution in [0.2, 0.25) is 0 Å². The van der Waals surface area contributed by atoms with Crippen LogP contribution in [0.4, 0.5) is 0 Å². The van der Waals surface area contributed by atoms with E-state index in [4.69, 9.17) is 9.47 Å². The van der Waals surface area contributed by atoms with E-state index in [1.165, 1.54) is 0 Å². The number of nitrogens with one attached hydrogen (secondary N) is 1. The number of aromatic nitrogens is 2. The van der Waals surface area contributed by atoms with Crippen LogP contribution in [0.15, 0.2) is 36.7 Å². The molecule has 1 aromatic heterocycles. The standard InChI is InChI=1S/C13H15N3O2/c1-14-7-10-8-15-9-13(16-10)18-12-6-4-3-5-11(12)17-2/h3-6,8-9,14H,7H2,1-2H3. The van der Waals surface area contributed by atoms with Crippen molar-refractivity contribution in [1.82, 2.24) is 15.3 Å². The van der Waals surface area contributed by atoms with E-state index >= 15 is 0 Å². The number of ether oxygens (including phenoxy) is 2. The van der Waals surface area contributed by atoms with Gasteiger partial charge in [-0.15, -0.1) is 0 Å². The van der Waals surface area contributed by atoms with Crippen molar-refractivity contribution in [2.24, 2.45) is 0 Å². The molecule has 0 saturated heterocycles. The van der Waals surface area contributed by atoms with E-state index in [-0.39, 0.29) is 0 Å². The van der Waals surface area contributed by atoms with Gasteiger partial charge in [0.15, 0.2) is 11.5 Å². The fourth-order valence-corrected chi connectivity index (χ4v) is 1.52. The molecule has 2 aromatic rings. The Kier molecular flexibility index (Phi) is 4.09. The van der Waals surface area contributed by atoms with E-state index in [2.05, 4.69) is 15.3 Å². The Morgan fingerprint density at radius 1 is 1.17 bits per heavy atom. The summed E-state index contributed by atoms with van der Waals surface area (Å²) in [6.07, 6.45) is 3.27. The number of methoxy groups -OCH3 is 1. The molecule has 94 valence electrons. The highest BCUT2D eigenvalue weighted by atomic mass is 16.5. The Bertz CT molecular complexity index is 517. The third-order valence-corrected chi connectivity index (χ3v) is 2.30. The number of hydrogen-bond donors (Lipinski definition) is 1. The first-order chi connectivity index (χ1) is 8.83. The summed E-state index contributed by atoms with van der Waals surface area (Å²) in [6.45, 7) is 0.649. The lowest BCUT2D eigenvalue weighted by Gasteiger charge is -2.09. The maximum Gasteiger partial charge on any atom is 0.238 e. The fraction of sp³-hybridized carbons (Fsp3) is 0.231. The zero-order valence-corrected chi connectivity index (χ0v) is 10.4. The molecule has 0 amide bonds. The summed E-state index contributed by atoms with van der Waals surface area (Å²) in [5, 5.41) is 3.01. The minimum Gasteiger partial charge on any atom is -0.493 e. The van der Waals surface area contributed by atoms with Crippen LogP contribution < -0.4 is 14.8 Å². The van der Waals surface area contributed by atoms with Crippen LogP contribution in [0, 0.1) is 0 Å². The van der Waals surface area contributed by atoms with Gasteiger partial charge in [-0.1, -0.05) is 12.1 Å². The average Bonchev–Trinajstić information content (AvgIpc) is 2.40. The number of nitrogens with zero attached hydrogens (tertiary/aromatic N) is 2. The van der Waals surface area contributed by atoms with Crippen molar-refractivity contribution in [1.29, 1.82) is 0 Å². The average molecular weight is 245 g/mol. The molecule has 0 aliphatic rings. The molecule has 0 bridgehead atoms. The highest BCUT2D eigenvalue weighted by Gasteiger charge is 2.06. The lowest BCUT2D eigenvalue weighted by molar-refractivity contribution is 0.373. The molecule has 0 aliphatic carbocycles. The summed E-state index contributed by atoms with van der Waals surface area (Å²) in [4.78, 5) is 8.42. The van der Waals surface area contributed by atoms with Crippen molar-refractivity contribution in [3.63, 3.8) is 0 Å². The van der Waals surface area contributed by atoms with Crippen molar-refractivity contribution in [3.05, 3.63) is 42.4 Å². The van der Waals surface area contributed by atoms with Gasteiger partial charge in [0.2, 0.25) is 5.88 Å². The van der Waals surface area contributed by atoms with E-state index < -0.39 is 0 Å². The second-order valence-corrected chi connectivity index (χ2v) is 3.63. The molecule has 0 aliphatic heterocycles. The Morgan fingerprint density at radius 3 is 2.67 bits per heavy atom. The molecule has 0 fully saturated rings. The van der Waals surface area contributed by atoms with E-state index in [0.717, 1.165) is 5.69 Å². The van der Waals surface area contributed by atoms with Crippen LogP contribution in [-0.2, 0) is 6.54 Å². The van der Waals surface area contributed by atoms with E-state index in [9.17, 15) is 0 Å². The Labute approximate surface area is 106 Å². The molecular weight excluding hydrogens is 230 g/mol. The van der Waals surface area contributed by atoms with Crippen LogP contribution in [0.3, 0.4) is 0 Å². The highest BCUT2D eigenvalue weighted by Crippen LogP contribution is 2.29. The molecule has 18 heavy (non-hydrogen) atoms. The predicted octanol–water partition coefficient (Wildman–Crippen LogP) is 2.00. The molecule has 5 heteroatoms. The summed E-state index contributed by atoms with van der Waals surface area (Å²) >= 11 is 0. The van der Waals surface area contributed by atoms with Gasteiger partial charge in [0.25, 0.3) is 0 Å². The molecule has 2 rings (SSSR count). The monoisotopic (exact) mass is 245 g/mol. The van der Waals surface area contributed by atoms with Gasteiger partial charge in [0, 0.05) is 12.7 Å². The maximum atomic E-state index is 5.66. The van der Waals surface area contributed by atoms with Crippen LogP contribution >= 0.6 is 0 Å². The van der Waals surface area contributed by atoms with Gasteiger partial charge in [0.1, 0.15) is 0 Å². The smallest absolute Gasteiger partial charge is 0.238 e. The van der Waals surface area contributed by atoms with Gasteiger partial charge in [-0.2, -0.15) is 0 Å². The summed E-state index contributed by atoms with van der Waals surface area (Å²) in [5.41, 5.74) is 0.824. The molecule has 0 unspecified atom stereocenters. The number of benzene rings is 1. The fourth-order valence-electron chi connectivity index (χ4n) is 1.52. The van der Waals surface area contributed by atoms with Gasteiger partial charge in [-0.05, 0) is 19.2 Å². The quantitative estimate of drug-likeness (QED) is 0.873. The molecule has 1 aromatic carbocycles. The van der Waals surface area contributed by atoms with E-state index in [0.29, 0.717) is 23.9 Å². The topological polar surface area (TPSA) is 56.3 Å². The summed E-state index contributed by atoms with van der Waals surface area (Å²) in [7, 11) is 3.46. The molecular formula is C13H15N3O2. The van der Waals surface area contributed by atoms with Crippen molar-refractivity contribution in [2.45, 2.75) is 6.54 Å². The normalized spacial score (nSPS) is 10.1. The Morgan fingerprint density at radius 2 is 1.94 bits per heavy atom. The first-order valence-electron chi connectivity index (χ1n) is 5.60. The molecule has 5 nitrogen and oxygen atoms in total. The number of hydrogen-bond acceptors (Lipinski definition) is 5. The van der Waals surface area contributed by atoms with Crippen LogP contribution in [0.1, 0.15) is 5.69 Å². The number of para-hydroxylation sites is 2. The van der Waals surface area contributed by atoms with Crippen molar-refractivity contribution in [3.8, 4) is 17.4 Å². The Balaban J connectivity index is 2.20. The van der Waals surface area contributed by atoms with Gasteiger partial charge < -0.3 is 14.8 Å². The van der Waals surface area contributed by atoms with Crippen LogP contribution in [0.25, 0.3) is 0 Å². The lowest BCUT2D eigenvalue weighted by Crippen LogP contribution is -2.07. The Hall–Kier alpha value is -2.14. The van der Waals surface area contributed by atoms with Crippen LogP contribution in [-0.4, -0.2) is 24.1 Å². The highest BCUT2D eigenvalue weighted by molar-refractivity contribution is 5.41. The third-order valence-electron chi connectivity index (χ3n) is 2.30. The first kappa shape index (κ1) is 12.3.